The third-order valence-corrected chi connectivity index (χ3v) is 6.94. The minimum absolute atomic E-state index is 0.146. The summed E-state index contributed by atoms with van der Waals surface area (Å²) < 4.78 is 0. The molecule has 0 spiro atoms. The van der Waals surface area contributed by atoms with Gasteiger partial charge >= 0.3 is 0 Å². The molecule has 3 aromatic carbocycles. The van der Waals surface area contributed by atoms with E-state index in [0.717, 1.165) is 22.9 Å². The van der Waals surface area contributed by atoms with Crippen LogP contribution in [0.1, 0.15) is 16.7 Å². The van der Waals surface area contributed by atoms with Crippen molar-refractivity contribution < 1.29 is 14.5 Å². The lowest BCUT2D eigenvalue weighted by molar-refractivity contribution is -0.384. The van der Waals surface area contributed by atoms with Gasteiger partial charge < -0.3 is 4.90 Å². The first-order valence-corrected chi connectivity index (χ1v) is 11.6. The summed E-state index contributed by atoms with van der Waals surface area (Å²) in [5.41, 5.74) is 4.28. The Morgan fingerprint density at radius 1 is 0.886 bits per heavy atom. The number of nitrogens with zero attached hydrogens (tertiary/aromatic N) is 4. The first-order chi connectivity index (χ1) is 16.7. The average Bonchev–Trinajstić information content (AvgIpc) is 3.28. The molecule has 8 nitrogen and oxygen atoms in total. The molecule has 2 amide bonds. The van der Waals surface area contributed by atoms with Gasteiger partial charge in [-0.25, -0.2) is 4.99 Å². The minimum Gasteiger partial charge on any atom is -0.311 e. The Bertz CT molecular complexity index is 1460. The first-order valence-electron chi connectivity index (χ1n) is 10.8. The van der Waals surface area contributed by atoms with Crippen molar-refractivity contribution in [3.05, 3.63) is 98.4 Å². The van der Waals surface area contributed by atoms with E-state index in [2.05, 4.69) is 0 Å². The number of fused-ring (bicyclic) bond motifs is 1. The van der Waals surface area contributed by atoms with Crippen LogP contribution in [0.2, 0.25) is 0 Å². The van der Waals surface area contributed by atoms with Gasteiger partial charge in [0.25, 0.3) is 17.5 Å². The normalized spacial score (nSPS) is 18.5. The lowest BCUT2D eigenvalue weighted by atomic mass is 10.1. The molecule has 0 saturated carbocycles. The number of rotatable bonds is 3. The largest absolute Gasteiger partial charge is 0.311 e. The van der Waals surface area contributed by atoms with Crippen LogP contribution in [0, 0.1) is 24.0 Å². The SMILES string of the molecule is Cc1ccc(N=C2S/C(=C3/C(=O)N(C)c4ccc([N+](=O)[O-])cc43)C(=O)N2c2ccc(C)cc2)cc1. The summed E-state index contributed by atoms with van der Waals surface area (Å²) >= 11 is 1.09. The van der Waals surface area contributed by atoms with Crippen molar-refractivity contribution in [1.29, 1.82) is 0 Å². The van der Waals surface area contributed by atoms with Crippen LogP contribution in [-0.2, 0) is 9.59 Å². The summed E-state index contributed by atoms with van der Waals surface area (Å²) in [5.74, 6) is -0.794. The molecule has 0 radical (unpaired) electrons. The van der Waals surface area contributed by atoms with Crippen LogP contribution in [0.15, 0.2) is 76.6 Å². The number of nitro groups is 1. The highest BCUT2D eigenvalue weighted by Crippen LogP contribution is 2.46. The molecule has 0 atom stereocenters. The van der Waals surface area contributed by atoms with Crippen molar-refractivity contribution >= 4 is 57.1 Å². The van der Waals surface area contributed by atoms with Gasteiger partial charge in [-0.3, -0.25) is 24.6 Å². The highest BCUT2D eigenvalue weighted by atomic mass is 32.2. The molecule has 0 bridgehead atoms. The predicted molar refractivity (Wildman–Crippen MR) is 138 cm³/mol. The second-order valence-electron chi connectivity index (χ2n) is 8.33. The zero-order valence-corrected chi connectivity index (χ0v) is 20.0. The molecule has 2 aliphatic heterocycles. The fourth-order valence-electron chi connectivity index (χ4n) is 3.99. The number of hydrogen-bond acceptors (Lipinski definition) is 6. The number of hydrogen-bond donors (Lipinski definition) is 0. The second-order valence-corrected chi connectivity index (χ2v) is 9.31. The number of benzene rings is 3. The van der Waals surface area contributed by atoms with Crippen LogP contribution in [0.3, 0.4) is 0 Å². The van der Waals surface area contributed by atoms with Crippen molar-refractivity contribution in [1.82, 2.24) is 0 Å². The van der Waals surface area contributed by atoms with Gasteiger partial charge in [0.05, 0.1) is 32.5 Å². The minimum atomic E-state index is -0.516. The Balaban J connectivity index is 1.70. The standard InChI is InChI=1S/C26H20N4O4S/c1-15-4-8-17(9-5-15)27-26-29(18-10-6-16(2)7-11-18)25(32)23(35-26)22-20-14-19(30(33)34)12-13-21(20)28(3)24(22)31/h4-14H,1-3H3/b23-22+,27-26?. The van der Waals surface area contributed by atoms with Crippen LogP contribution in [0.4, 0.5) is 22.7 Å². The molecule has 0 N–H and O–H groups in total. The van der Waals surface area contributed by atoms with Crippen molar-refractivity contribution in [3.8, 4) is 0 Å². The number of aryl methyl sites for hydroxylation is 2. The summed E-state index contributed by atoms with van der Waals surface area (Å²) in [6.45, 7) is 3.93. The molecule has 174 valence electrons. The zero-order valence-electron chi connectivity index (χ0n) is 19.2. The molecule has 0 aromatic heterocycles. The molecule has 9 heteroatoms. The maximum Gasteiger partial charge on any atom is 0.272 e. The Morgan fingerprint density at radius 2 is 1.51 bits per heavy atom. The number of nitro benzene ring substituents is 1. The van der Waals surface area contributed by atoms with Gasteiger partial charge in [0.15, 0.2) is 5.17 Å². The monoisotopic (exact) mass is 484 g/mol. The number of non-ortho nitro benzene ring substituents is 1. The van der Waals surface area contributed by atoms with E-state index in [4.69, 9.17) is 4.99 Å². The third kappa shape index (κ3) is 3.89. The van der Waals surface area contributed by atoms with E-state index in [1.807, 2.05) is 62.4 Å². The zero-order chi connectivity index (χ0) is 24.9. The van der Waals surface area contributed by atoms with Crippen LogP contribution in [0.5, 0.6) is 0 Å². The second kappa shape index (κ2) is 8.52. The first kappa shape index (κ1) is 22.5. The van der Waals surface area contributed by atoms with Crippen LogP contribution < -0.4 is 9.80 Å². The molecule has 1 saturated heterocycles. The summed E-state index contributed by atoms with van der Waals surface area (Å²) in [7, 11) is 1.59. The predicted octanol–water partition coefficient (Wildman–Crippen LogP) is 5.37. The molecule has 2 heterocycles. The number of thioether (sulfide) groups is 1. The Hall–Kier alpha value is -4.24. The van der Waals surface area contributed by atoms with Gasteiger partial charge in [-0.05, 0) is 55.9 Å². The molecule has 0 aliphatic carbocycles. The number of carbonyl (C=O) groups is 2. The molecule has 35 heavy (non-hydrogen) atoms. The van der Waals surface area contributed by atoms with E-state index >= 15 is 0 Å². The quantitative estimate of drug-likeness (QED) is 0.283. The number of amides is 2. The lowest BCUT2D eigenvalue weighted by Crippen LogP contribution is -2.29. The van der Waals surface area contributed by atoms with Crippen LogP contribution >= 0.6 is 11.8 Å². The number of aliphatic imine (C=N–C) groups is 1. The maximum absolute atomic E-state index is 13.8. The molecular weight excluding hydrogens is 464 g/mol. The summed E-state index contributed by atoms with van der Waals surface area (Å²) in [4.78, 5) is 45.7. The average molecular weight is 485 g/mol. The van der Waals surface area contributed by atoms with E-state index in [0.29, 0.717) is 27.8 Å². The van der Waals surface area contributed by atoms with Gasteiger partial charge in [0.1, 0.15) is 0 Å². The van der Waals surface area contributed by atoms with Crippen LogP contribution in [-0.4, -0.2) is 29.0 Å². The third-order valence-electron chi connectivity index (χ3n) is 5.90. The summed E-state index contributed by atoms with van der Waals surface area (Å²) in [6, 6.07) is 19.3. The van der Waals surface area contributed by atoms with E-state index in [9.17, 15) is 19.7 Å². The number of likely N-dealkylation sites (N-methyl/N-ethyl adjacent to an activating group) is 1. The van der Waals surface area contributed by atoms with Gasteiger partial charge in [0, 0.05) is 24.7 Å². The molecule has 5 rings (SSSR count). The Morgan fingerprint density at radius 3 is 2.14 bits per heavy atom. The lowest BCUT2D eigenvalue weighted by Gasteiger charge is -2.16. The van der Waals surface area contributed by atoms with Gasteiger partial charge in [-0.2, -0.15) is 0 Å². The maximum atomic E-state index is 13.8. The highest BCUT2D eigenvalue weighted by Gasteiger charge is 2.43. The van der Waals surface area contributed by atoms with E-state index < -0.39 is 16.7 Å². The molecule has 3 aromatic rings. The number of carbonyl (C=O) groups excluding carboxylic acids is 2. The van der Waals surface area contributed by atoms with Crippen LogP contribution in [0.25, 0.3) is 5.57 Å². The van der Waals surface area contributed by atoms with Gasteiger partial charge in [-0.15, -0.1) is 0 Å². The number of amidine groups is 1. The smallest absolute Gasteiger partial charge is 0.272 e. The molecule has 1 fully saturated rings. The molecular formula is C26H20N4O4S. The van der Waals surface area contributed by atoms with E-state index in [1.54, 1.807) is 7.05 Å². The number of anilines is 2. The van der Waals surface area contributed by atoms with E-state index in [1.165, 1.54) is 28.0 Å². The fourth-order valence-corrected chi connectivity index (χ4v) is 5.08. The summed E-state index contributed by atoms with van der Waals surface area (Å²) in [6.07, 6.45) is 0. The fraction of sp³-hybridized carbons (Fsp3) is 0.115. The Kier molecular flexibility index (Phi) is 5.49. The van der Waals surface area contributed by atoms with E-state index in [-0.39, 0.29) is 16.2 Å². The van der Waals surface area contributed by atoms with Crippen molar-refractivity contribution in [2.75, 3.05) is 16.8 Å². The van der Waals surface area contributed by atoms with Crippen molar-refractivity contribution in [2.45, 2.75) is 13.8 Å². The van der Waals surface area contributed by atoms with Crippen molar-refractivity contribution in [3.63, 3.8) is 0 Å². The topological polar surface area (TPSA) is 96.1 Å². The molecule has 2 aliphatic rings. The van der Waals surface area contributed by atoms with Gasteiger partial charge in [-0.1, -0.05) is 35.4 Å². The van der Waals surface area contributed by atoms with Gasteiger partial charge in [0.2, 0.25) is 0 Å². The summed E-state index contributed by atoms with van der Waals surface area (Å²) in [5, 5.41) is 11.8. The highest BCUT2D eigenvalue weighted by molar-refractivity contribution is 8.19. The van der Waals surface area contributed by atoms with Crippen molar-refractivity contribution in [2.24, 2.45) is 4.99 Å². The Labute approximate surface area is 205 Å². The molecule has 0 unspecified atom stereocenters.